The summed E-state index contributed by atoms with van der Waals surface area (Å²) >= 11 is 0. The number of Topliss-reactive ketones (excluding diaryl/α,β-unsaturated/α-hetero) is 1. The number of anilines is 1. The van der Waals surface area contributed by atoms with E-state index in [0.29, 0.717) is 11.0 Å². The van der Waals surface area contributed by atoms with Crippen LogP contribution in [0.15, 0.2) is 33.5 Å². The van der Waals surface area contributed by atoms with Gasteiger partial charge in [0.05, 0.1) is 0 Å². The van der Waals surface area contributed by atoms with Gasteiger partial charge in [0.1, 0.15) is 17.8 Å². The van der Waals surface area contributed by atoms with Crippen molar-refractivity contribution in [1.29, 1.82) is 0 Å². The normalized spacial score (nSPS) is 10.7. The number of ketones is 1. The number of alkyl halides is 1. The zero-order valence-electron chi connectivity index (χ0n) is 10.8. The molecule has 0 amide bonds. The molecule has 0 atom stereocenters. The highest BCUT2D eigenvalue weighted by Crippen LogP contribution is 2.21. The second kappa shape index (κ2) is 5.22. The van der Waals surface area contributed by atoms with Gasteiger partial charge < -0.3 is 9.32 Å². The van der Waals surface area contributed by atoms with E-state index < -0.39 is 12.3 Å². The molecule has 0 spiro atoms. The number of fused-ring (bicyclic) bond motifs is 1. The van der Waals surface area contributed by atoms with Crippen LogP contribution in [-0.2, 0) is 0 Å². The zero-order valence-corrected chi connectivity index (χ0v) is 10.8. The molecule has 4 nitrogen and oxygen atoms in total. The summed E-state index contributed by atoms with van der Waals surface area (Å²) < 4.78 is 17.4. The van der Waals surface area contributed by atoms with Crippen molar-refractivity contribution in [2.75, 3.05) is 25.2 Å². The average molecular weight is 263 g/mol. The van der Waals surface area contributed by atoms with E-state index in [-0.39, 0.29) is 17.9 Å². The molecule has 0 bridgehead atoms. The number of carbonyl (C=O) groups is 1. The Bertz CT molecular complexity index is 678. The van der Waals surface area contributed by atoms with E-state index in [2.05, 4.69) is 0 Å². The standard InChI is InChI=1S/C14H14FNO3/c1-9(17)12-7-10-3-4-11(16(2)6-5-15)8-13(10)19-14(12)18/h3-4,7-8H,5-6H2,1-2H3. The third-order valence-corrected chi connectivity index (χ3v) is 2.96. The molecular formula is C14H14FNO3. The van der Waals surface area contributed by atoms with Crippen LogP contribution in [-0.4, -0.2) is 26.1 Å². The van der Waals surface area contributed by atoms with E-state index >= 15 is 0 Å². The Hall–Kier alpha value is -2.17. The third-order valence-electron chi connectivity index (χ3n) is 2.96. The van der Waals surface area contributed by atoms with Crippen molar-refractivity contribution in [2.45, 2.75) is 6.92 Å². The molecule has 0 N–H and O–H groups in total. The molecule has 1 aromatic carbocycles. The number of hydrogen-bond acceptors (Lipinski definition) is 4. The van der Waals surface area contributed by atoms with Crippen LogP contribution in [0.2, 0.25) is 0 Å². The molecular weight excluding hydrogens is 249 g/mol. The fourth-order valence-electron chi connectivity index (χ4n) is 1.84. The molecule has 1 heterocycles. The zero-order chi connectivity index (χ0) is 14.0. The van der Waals surface area contributed by atoms with Crippen LogP contribution in [0.25, 0.3) is 11.0 Å². The topological polar surface area (TPSA) is 50.5 Å². The lowest BCUT2D eigenvalue weighted by Gasteiger charge is -2.17. The summed E-state index contributed by atoms with van der Waals surface area (Å²) in [6.45, 7) is 1.13. The Morgan fingerprint density at radius 2 is 2.11 bits per heavy atom. The lowest BCUT2D eigenvalue weighted by Crippen LogP contribution is -2.19. The lowest BCUT2D eigenvalue weighted by molar-refractivity contribution is 0.101. The van der Waals surface area contributed by atoms with Crippen LogP contribution < -0.4 is 10.5 Å². The predicted molar refractivity (Wildman–Crippen MR) is 71.7 cm³/mol. The Kier molecular flexibility index (Phi) is 3.64. The molecule has 0 saturated carbocycles. The van der Waals surface area contributed by atoms with Crippen molar-refractivity contribution in [3.63, 3.8) is 0 Å². The largest absolute Gasteiger partial charge is 0.422 e. The van der Waals surface area contributed by atoms with Gasteiger partial charge in [-0.2, -0.15) is 0 Å². The Morgan fingerprint density at radius 1 is 1.37 bits per heavy atom. The Labute approximate surface area is 109 Å². The van der Waals surface area contributed by atoms with Crippen LogP contribution in [0.5, 0.6) is 0 Å². The van der Waals surface area contributed by atoms with E-state index in [1.54, 1.807) is 30.1 Å². The van der Waals surface area contributed by atoms with Gasteiger partial charge >= 0.3 is 5.63 Å². The van der Waals surface area contributed by atoms with E-state index in [4.69, 9.17) is 4.42 Å². The monoisotopic (exact) mass is 263 g/mol. The van der Waals surface area contributed by atoms with Gasteiger partial charge in [0.15, 0.2) is 5.78 Å². The van der Waals surface area contributed by atoms with Gasteiger partial charge in [0.25, 0.3) is 0 Å². The van der Waals surface area contributed by atoms with Crippen molar-refractivity contribution in [1.82, 2.24) is 0 Å². The van der Waals surface area contributed by atoms with Gasteiger partial charge in [-0.25, -0.2) is 9.18 Å². The van der Waals surface area contributed by atoms with Crippen molar-refractivity contribution in [2.24, 2.45) is 0 Å². The summed E-state index contributed by atoms with van der Waals surface area (Å²) in [7, 11) is 1.75. The van der Waals surface area contributed by atoms with Gasteiger partial charge in [-0.15, -0.1) is 0 Å². The van der Waals surface area contributed by atoms with Crippen LogP contribution >= 0.6 is 0 Å². The van der Waals surface area contributed by atoms with E-state index in [9.17, 15) is 14.0 Å². The summed E-state index contributed by atoms with van der Waals surface area (Å²) in [5, 5.41) is 0.669. The van der Waals surface area contributed by atoms with Crippen LogP contribution in [0.3, 0.4) is 0 Å². The molecule has 2 aromatic rings. The maximum absolute atomic E-state index is 12.3. The Balaban J connectivity index is 2.53. The van der Waals surface area contributed by atoms with Crippen molar-refractivity contribution in [3.05, 3.63) is 40.2 Å². The minimum atomic E-state index is -0.648. The number of carbonyl (C=O) groups excluding carboxylic acids is 1. The van der Waals surface area contributed by atoms with E-state index in [0.717, 1.165) is 5.69 Å². The number of nitrogens with zero attached hydrogens (tertiary/aromatic N) is 1. The summed E-state index contributed by atoms with van der Waals surface area (Å²) in [4.78, 5) is 24.6. The van der Waals surface area contributed by atoms with Crippen molar-refractivity contribution in [3.8, 4) is 0 Å². The first kappa shape index (κ1) is 13.3. The van der Waals surface area contributed by atoms with E-state index in [1.165, 1.54) is 13.0 Å². The van der Waals surface area contributed by atoms with Gasteiger partial charge in [0.2, 0.25) is 0 Å². The van der Waals surface area contributed by atoms with Crippen LogP contribution in [0.4, 0.5) is 10.1 Å². The average Bonchev–Trinajstić information content (AvgIpc) is 2.37. The first-order valence-corrected chi connectivity index (χ1v) is 5.89. The second-order valence-corrected chi connectivity index (χ2v) is 4.34. The van der Waals surface area contributed by atoms with Gasteiger partial charge in [-0.05, 0) is 25.1 Å². The molecule has 19 heavy (non-hydrogen) atoms. The third kappa shape index (κ3) is 2.65. The Morgan fingerprint density at radius 3 is 2.74 bits per heavy atom. The molecule has 0 aliphatic carbocycles. The number of hydrogen-bond donors (Lipinski definition) is 0. The van der Waals surface area contributed by atoms with Crippen molar-refractivity contribution >= 4 is 22.4 Å². The summed E-state index contributed by atoms with van der Waals surface area (Å²) in [6, 6.07) is 6.72. The minimum absolute atomic E-state index is 0.0392. The molecule has 0 fully saturated rings. The maximum Gasteiger partial charge on any atom is 0.347 e. The predicted octanol–water partition coefficient (Wildman–Crippen LogP) is 2.40. The quantitative estimate of drug-likeness (QED) is 0.628. The lowest BCUT2D eigenvalue weighted by atomic mass is 10.1. The minimum Gasteiger partial charge on any atom is -0.422 e. The molecule has 0 unspecified atom stereocenters. The number of rotatable bonds is 4. The molecule has 0 saturated heterocycles. The molecule has 1 aromatic heterocycles. The van der Waals surface area contributed by atoms with Crippen LogP contribution in [0, 0.1) is 0 Å². The number of halogens is 1. The molecule has 2 rings (SSSR count). The van der Waals surface area contributed by atoms with Gasteiger partial charge in [-0.1, -0.05) is 0 Å². The van der Waals surface area contributed by atoms with Crippen LogP contribution in [0.1, 0.15) is 17.3 Å². The molecule has 0 aliphatic rings. The van der Waals surface area contributed by atoms with Gasteiger partial charge in [0, 0.05) is 30.7 Å². The maximum atomic E-state index is 12.3. The molecule has 100 valence electrons. The number of benzene rings is 1. The van der Waals surface area contributed by atoms with E-state index in [1.807, 2.05) is 0 Å². The SMILES string of the molecule is CC(=O)c1cc2ccc(N(C)CCF)cc2oc1=O. The summed E-state index contributed by atoms with van der Waals surface area (Å²) in [5.74, 6) is -0.325. The highest BCUT2D eigenvalue weighted by molar-refractivity contribution is 5.96. The fourth-order valence-corrected chi connectivity index (χ4v) is 1.84. The summed E-state index contributed by atoms with van der Waals surface area (Å²) in [5.41, 5.74) is 0.532. The summed E-state index contributed by atoms with van der Waals surface area (Å²) in [6.07, 6.45) is 0. The first-order chi connectivity index (χ1) is 9.02. The highest BCUT2D eigenvalue weighted by atomic mass is 19.1. The molecule has 0 radical (unpaired) electrons. The smallest absolute Gasteiger partial charge is 0.347 e. The second-order valence-electron chi connectivity index (χ2n) is 4.34. The first-order valence-electron chi connectivity index (χ1n) is 5.89. The molecule has 5 heteroatoms. The van der Waals surface area contributed by atoms with Crippen molar-refractivity contribution < 1.29 is 13.6 Å². The highest BCUT2D eigenvalue weighted by Gasteiger charge is 2.10. The van der Waals surface area contributed by atoms with Gasteiger partial charge in [-0.3, -0.25) is 4.79 Å². The molecule has 0 aliphatic heterocycles. The fraction of sp³-hybridized carbons (Fsp3) is 0.286.